The molecule has 1 aliphatic heterocycles. The molecule has 1 N–H and O–H groups in total. The summed E-state index contributed by atoms with van der Waals surface area (Å²) in [4.78, 5) is 24.2. The van der Waals surface area contributed by atoms with Crippen LogP contribution >= 0.6 is 0 Å². The fraction of sp³-hybridized carbons (Fsp3) is 0.333. The van der Waals surface area contributed by atoms with E-state index in [0.29, 0.717) is 19.2 Å². The first-order valence-corrected chi connectivity index (χ1v) is 11.2. The summed E-state index contributed by atoms with van der Waals surface area (Å²) in [6.45, 7) is 0.149. The number of carbonyl (C=O) groups is 2. The quantitative estimate of drug-likeness (QED) is 0.679. The highest BCUT2D eigenvalue weighted by molar-refractivity contribution is 7.89. The maximum absolute atomic E-state index is 13.2. The molecule has 0 aromatic heterocycles. The van der Waals surface area contributed by atoms with Gasteiger partial charge in [-0.1, -0.05) is 18.9 Å². The highest BCUT2D eigenvalue weighted by atomic mass is 32.2. The molecule has 0 radical (unpaired) electrons. The minimum Gasteiger partial charge on any atom is -0.452 e. The summed E-state index contributed by atoms with van der Waals surface area (Å²) in [5.74, 6) is -3.43. The molecule has 1 saturated heterocycles. The first-order valence-electron chi connectivity index (χ1n) is 9.79. The van der Waals surface area contributed by atoms with Gasteiger partial charge < -0.3 is 10.1 Å². The maximum Gasteiger partial charge on any atom is 0.338 e. The molecule has 1 heterocycles. The van der Waals surface area contributed by atoms with Gasteiger partial charge in [0.15, 0.2) is 6.61 Å². The van der Waals surface area contributed by atoms with Crippen molar-refractivity contribution in [3.8, 4) is 0 Å². The largest absolute Gasteiger partial charge is 0.452 e. The zero-order valence-corrected chi connectivity index (χ0v) is 17.5. The number of esters is 1. The molecular formula is C21H22F2N2O5S. The molecule has 0 spiro atoms. The minimum atomic E-state index is -3.75. The fourth-order valence-corrected chi connectivity index (χ4v) is 4.82. The third-order valence-electron chi connectivity index (χ3n) is 4.75. The van der Waals surface area contributed by atoms with Crippen LogP contribution in [0.4, 0.5) is 14.5 Å². The number of benzene rings is 2. The Morgan fingerprint density at radius 2 is 1.61 bits per heavy atom. The zero-order valence-electron chi connectivity index (χ0n) is 16.6. The Morgan fingerprint density at radius 3 is 2.26 bits per heavy atom. The topological polar surface area (TPSA) is 92.8 Å². The summed E-state index contributed by atoms with van der Waals surface area (Å²) in [6, 6.07) is 7.91. The maximum atomic E-state index is 13.2. The first kappa shape index (κ1) is 22.8. The molecule has 1 amide bonds. The Balaban J connectivity index is 1.63. The standard InChI is InChI=1S/C21H22F2N2O5S/c22-16-11-17(23)13-18(12-16)24-20(26)14-30-21(27)15-6-5-7-19(10-15)31(28,29)25-8-3-1-2-4-9-25/h5-7,10-13H,1-4,8-9,14H2,(H,24,26). The van der Waals surface area contributed by atoms with Gasteiger partial charge in [0.05, 0.1) is 10.5 Å². The van der Waals surface area contributed by atoms with Crippen LogP contribution in [0.1, 0.15) is 36.0 Å². The SMILES string of the molecule is O=C(COC(=O)c1cccc(S(=O)(=O)N2CCCCCC2)c1)Nc1cc(F)cc(F)c1. The normalized spacial score (nSPS) is 15.2. The molecule has 7 nitrogen and oxygen atoms in total. The number of ether oxygens (including phenoxy) is 1. The van der Waals surface area contributed by atoms with E-state index in [4.69, 9.17) is 4.74 Å². The van der Waals surface area contributed by atoms with Gasteiger partial charge in [-0.2, -0.15) is 4.31 Å². The van der Waals surface area contributed by atoms with Crippen LogP contribution < -0.4 is 5.32 Å². The second-order valence-electron chi connectivity index (χ2n) is 7.13. The lowest BCUT2D eigenvalue weighted by molar-refractivity contribution is -0.119. The summed E-state index contributed by atoms with van der Waals surface area (Å²) in [5, 5.41) is 2.22. The van der Waals surface area contributed by atoms with Crippen molar-refractivity contribution in [1.82, 2.24) is 4.31 Å². The number of sulfonamides is 1. The van der Waals surface area contributed by atoms with Gasteiger partial charge >= 0.3 is 5.97 Å². The van der Waals surface area contributed by atoms with Crippen LogP contribution in [0.15, 0.2) is 47.4 Å². The molecule has 1 fully saturated rings. The number of carbonyl (C=O) groups excluding carboxylic acids is 2. The van der Waals surface area contributed by atoms with Crippen molar-refractivity contribution >= 4 is 27.6 Å². The molecular weight excluding hydrogens is 430 g/mol. The van der Waals surface area contributed by atoms with Gasteiger partial charge in [0, 0.05) is 24.8 Å². The van der Waals surface area contributed by atoms with Crippen LogP contribution in [0.2, 0.25) is 0 Å². The van der Waals surface area contributed by atoms with Gasteiger partial charge in [0.25, 0.3) is 5.91 Å². The van der Waals surface area contributed by atoms with Gasteiger partial charge in [-0.05, 0) is 43.2 Å². The van der Waals surface area contributed by atoms with Crippen LogP contribution in [0.5, 0.6) is 0 Å². The number of anilines is 1. The molecule has 1 aliphatic rings. The lowest BCUT2D eigenvalue weighted by atomic mass is 10.2. The Bertz CT molecular complexity index is 1050. The van der Waals surface area contributed by atoms with E-state index < -0.39 is 40.1 Å². The third-order valence-corrected chi connectivity index (χ3v) is 6.65. The molecule has 0 atom stereocenters. The molecule has 0 unspecified atom stereocenters. The summed E-state index contributed by atoms with van der Waals surface area (Å²) in [7, 11) is -3.75. The Hall–Kier alpha value is -2.85. The second kappa shape index (κ2) is 9.97. The molecule has 2 aromatic carbocycles. The molecule has 31 heavy (non-hydrogen) atoms. The monoisotopic (exact) mass is 452 g/mol. The van der Waals surface area contributed by atoms with Gasteiger partial charge in [0.2, 0.25) is 10.0 Å². The van der Waals surface area contributed by atoms with E-state index in [-0.39, 0.29) is 16.1 Å². The molecule has 3 rings (SSSR count). The van der Waals surface area contributed by atoms with Crippen molar-refractivity contribution in [1.29, 1.82) is 0 Å². The predicted molar refractivity (Wildman–Crippen MR) is 109 cm³/mol. The number of amides is 1. The number of nitrogens with zero attached hydrogens (tertiary/aromatic N) is 1. The van der Waals surface area contributed by atoms with Gasteiger partial charge in [-0.3, -0.25) is 4.79 Å². The Labute approximate surface area is 179 Å². The summed E-state index contributed by atoms with van der Waals surface area (Å²) < 4.78 is 58.4. The van der Waals surface area contributed by atoms with Crippen molar-refractivity contribution in [2.24, 2.45) is 0 Å². The van der Waals surface area contributed by atoms with Crippen LogP contribution in [0.25, 0.3) is 0 Å². The van der Waals surface area contributed by atoms with E-state index in [2.05, 4.69) is 5.32 Å². The second-order valence-corrected chi connectivity index (χ2v) is 9.07. The average molecular weight is 452 g/mol. The number of halogens is 2. The third kappa shape index (κ3) is 6.08. The van der Waals surface area contributed by atoms with Crippen LogP contribution in [0, 0.1) is 11.6 Å². The van der Waals surface area contributed by atoms with E-state index in [1.807, 2.05) is 0 Å². The van der Waals surface area contributed by atoms with E-state index in [1.165, 1.54) is 28.6 Å². The molecule has 0 saturated carbocycles. The Morgan fingerprint density at radius 1 is 0.968 bits per heavy atom. The van der Waals surface area contributed by atoms with Crippen LogP contribution in [-0.2, 0) is 19.6 Å². The predicted octanol–water partition coefficient (Wildman–Crippen LogP) is 3.33. The highest BCUT2D eigenvalue weighted by Gasteiger charge is 2.26. The molecule has 0 bridgehead atoms. The summed E-state index contributed by atoms with van der Waals surface area (Å²) in [6.07, 6.45) is 3.52. The van der Waals surface area contributed by atoms with Crippen molar-refractivity contribution in [2.75, 3.05) is 25.0 Å². The number of hydrogen-bond acceptors (Lipinski definition) is 5. The smallest absolute Gasteiger partial charge is 0.338 e. The number of nitrogens with one attached hydrogen (secondary N) is 1. The average Bonchev–Trinajstić information content (AvgIpc) is 3.01. The van der Waals surface area contributed by atoms with Crippen molar-refractivity contribution in [3.63, 3.8) is 0 Å². The van der Waals surface area contributed by atoms with Crippen molar-refractivity contribution in [3.05, 3.63) is 59.7 Å². The fourth-order valence-electron chi connectivity index (χ4n) is 3.25. The van der Waals surface area contributed by atoms with Gasteiger partial charge in [0.1, 0.15) is 11.6 Å². The summed E-state index contributed by atoms with van der Waals surface area (Å²) >= 11 is 0. The Kier molecular flexibility index (Phi) is 7.34. The zero-order chi connectivity index (χ0) is 22.4. The first-order chi connectivity index (χ1) is 14.8. The van der Waals surface area contributed by atoms with Gasteiger partial charge in [-0.15, -0.1) is 0 Å². The van der Waals surface area contributed by atoms with E-state index >= 15 is 0 Å². The van der Waals surface area contributed by atoms with E-state index in [1.54, 1.807) is 0 Å². The minimum absolute atomic E-state index is 0.0245. The lowest BCUT2D eigenvalue weighted by Crippen LogP contribution is -2.32. The van der Waals surface area contributed by atoms with E-state index in [9.17, 15) is 26.8 Å². The van der Waals surface area contributed by atoms with Crippen molar-refractivity contribution in [2.45, 2.75) is 30.6 Å². The molecule has 2 aromatic rings. The summed E-state index contributed by atoms with van der Waals surface area (Å²) in [5.41, 5.74) is -0.149. The molecule has 10 heteroatoms. The lowest BCUT2D eigenvalue weighted by Gasteiger charge is -2.20. The molecule has 0 aliphatic carbocycles. The highest BCUT2D eigenvalue weighted by Crippen LogP contribution is 2.21. The van der Waals surface area contributed by atoms with Gasteiger partial charge in [-0.25, -0.2) is 22.0 Å². The number of rotatable bonds is 6. The van der Waals surface area contributed by atoms with Crippen molar-refractivity contribution < 1.29 is 31.5 Å². The van der Waals surface area contributed by atoms with E-state index in [0.717, 1.165) is 37.8 Å². The number of hydrogen-bond donors (Lipinski definition) is 1. The molecule has 166 valence electrons. The van der Waals surface area contributed by atoms with Crippen LogP contribution in [-0.4, -0.2) is 44.3 Å². The van der Waals surface area contributed by atoms with Crippen LogP contribution in [0.3, 0.4) is 0 Å².